The van der Waals surface area contributed by atoms with Gasteiger partial charge in [-0.15, -0.1) is 0 Å². The largest absolute Gasteiger partial charge is 0.472 e. The van der Waals surface area contributed by atoms with E-state index in [2.05, 4.69) is 154 Å². The molecule has 4 N–H and O–H groups in total. The van der Waals surface area contributed by atoms with Crippen LogP contribution in [0.1, 0.15) is 316 Å². The second kappa shape index (κ2) is 77.1. The van der Waals surface area contributed by atoms with Gasteiger partial charge in [-0.25, -0.2) is 9.13 Å². The van der Waals surface area contributed by atoms with Crippen LogP contribution in [0.5, 0.6) is 0 Å². The summed E-state index contributed by atoms with van der Waals surface area (Å²) >= 11 is 0. The summed E-state index contributed by atoms with van der Waals surface area (Å²) in [5.41, 5.74) is 0. The van der Waals surface area contributed by atoms with Crippen LogP contribution in [0.4, 0.5) is 0 Å². The molecule has 0 radical (unpaired) electrons. The van der Waals surface area contributed by atoms with Crippen molar-refractivity contribution in [2.45, 2.75) is 334 Å². The van der Waals surface area contributed by atoms with Gasteiger partial charge >= 0.3 is 33.6 Å². The summed E-state index contributed by atoms with van der Waals surface area (Å²) < 4.78 is 61.1. The van der Waals surface area contributed by atoms with Crippen molar-refractivity contribution in [3.63, 3.8) is 0 Å². The summed E-state index contributed by atoms with van der Waals surface area (Å²) in [5, 5.41) is 20.6. The van der Waals surface area contributed by atoms with Gasteiger partial charge in [0.2, 0.25) is 0 Å². The summed E-state index contributed by atoms with van der Waals surface area (Å²) in [4.78, 5) is 58.6. The van der Waals surface area contributed by atoms with Gasteiger partial charge in [-0.2, -0.15) is 0 Å². The number of hydrogen-bond acceptors (Lipinski definition) is 14. The van der Waals surface area contributed by atoms with E-state index in [1.165, 1.54) is 122 Å². The summed E-state index contributed by atoms with van der Waals surface area (Å²) in [6.45, 7) is 2.43. The summed E-state index contributed by atoms with van der Waals surface area (Å²) in [7, 11) is -9.82. The number of esters is 3. The van der Waals surface area contributed by atoms with Crippen molar-refractivity contribution in [2.75, 3.05) is 39.6 Å². The highest BCUT2D eigenvalue weighted by Crippen LogP contribution is 2.45. The van der Waals surface area contributed by atoms with Crippen molar-refractivity contribution >= 4 is 33.6 Å². The molecule has 5 atom stereocenters. The molecule has 0 spiro atoms. The lowest BCUT2D eigenvalue weighted by Gasteiger charge is -2.21. The van der Waals surface area contributed by atoms with Gasteiger partial charge in [0.05, 0.1) is 26.4 Å². The van der Waals surface area contributed by atoms with E-state index in [0.717, 1.165) is 128 Å². The Balaban J connectivity index is 4.55. The number of aliphatic hydroxyl groups is 2. The smallest absolute Gasteiger partial charge is 0.463 e. The zero-order valence-electron chi connectivity index (χ0n) is 64.4. The standard InChI is InChI=1S/C85H144O16P2/c1-4-7-10-13-16-19-22-25-28-31-33-34-35-36-37-38-39-40-41-42-43-44-46-49-50-53-56-59-62-65-68-71-83(88)95-74-80(86)75-97-102(91,92)98-76-81(87)77-99-103(93,94)100-79-82(101-85(90)73-70-67-64-61-58-55-52-47-30-27-24-21-18-15-12-9-6-3)78-96-84(89)72-69-66-63-60-57-54-51-48-45-32-29-26-23-20-17-14-11-8-5-2/h9,12,16-21,25-30,33-34,36-37,45,48,52,55,61,64,80-82,86-87H,4-8,10-11,13-15,22-24,31-32,35,38-44,46-47,49-51,53-54,56-60,62-63,65-79H2,1-3H3,(H,91,92)(H,93,94)/b12-9-,19-16-,20-17-,21-18-,28-25-,29-26-,30-27-,34-33-,37-36-,48-45-,55-52-,64-61-. The molecule has 0 aliphatic carbocycles. The predicted octanol–water partition coefficient (Wildman–Crippen LogP) is 23.7. The lowest BCUT2D eigenvalue weighted by Crippen LogP contribution is -2.30. The molecule has 103 heavy (non-hydrogen) atoms. The van der Waals surface area contributed by atoms with Gasteiger partial charge in [-0.05, 0) is 141 Å². The molecule has 0 amide bonds. The number of hydrogen-bond donors (Lipinski definition) is 4. The quantitative estimate of drug-likeness (QED) is 0.0146. The van der Waals surface area contributed by atoms with Crippen molar-refractivity contribution in [3.8, 4) is 0 Å². The number of carbonyl (C=O) groups excluding carboxylic acids is 3. The third-order valence-corrected chi connectivity index (χ3v) is 18.4. The van der Waals surface area contributed by atoms with Crippen molar-refractivity contribution in [1.82, 2.24) is 0 Å². The Bertz CT molecular complexity index is 2450. The molecule has 0 rings (SSSR count). The zero-order valence-corrected chi connectivity index (χ0v) is 66.2. The molecule has 0 aromatic carbocycles. The van der Waals surface area contributed by atoms with Crippen molar-refractivity contribution in [3.05, 3.63) is 146 Å². The number of carbonyl (C=O) groups is 3. The van der Waals surface area contributed by atoms with Gasteiger partial charge in [0.15, 0.2) is 6.10 Å². The van der Waals surface area contributed by atoms with E-state index in [4.69, 9.17) is 32.3 Å². The molecule has 5 unspecified atom stereocenters. The van der Waals surface area contributed by atoms with Crippen LogP contribution >= 0.6 is 15.6 Å². The van der Waals surface area contributed by atoms with Crippen LogP contribution in [0.3, 0.4) is 0 Å². The van der Waals surface area contributed by atoms with Crippen molar-refractivity contribution in [2.24, 2.45) is 0 Å². The van der Waals surface area contributed by atoms with E-state index in [9.17, 15) is 43.5 Å². The minimum Gasteiger partial charge on any atom is -0.463 e. The summed E-state index contributed by atoms with van der Waals surface area (Å²) in [6.07, 6.45) is 94.8. The first-order valence-electron chi connectivity index (χ1n) is 40.1. The number of phosphoric acid groups is 2. The second-order valence-corrected chi connectivity index (χ2v) is 29.4. The van der Waals surface area contributed by atoms with E-state index >= 15 is 0 Å². The fraction of sp³-hybridized carbons (Fsp3) is 0.682. The second-order valence-electron chi connectivity index (χ2n) is 26.5. The normalized spacial score (nSPS) is 14.7. The molecule has 0 saturated carbocycles. The molecule has 0 bridgehead atoms. The Kier molecular flexibility index (Phi) is 73.6. The first-order chi connectivity index (χ1) is 50.2. The number of ether oxygens (including phenoxy) is 3. The molecule has 0 fully saturated rings. The number of phosphoric ester groups is 2. The number of unbranched alkanes of at least 4 members (excludes halogenated alkanes) is 28. The third kappa shape index (κ3) is 78.3. The average Bonchev–Trinajstić information content (AvgIpc) is 0.936. The maximum atomic E-state index is 12.9. The molecule has 16 nitrogen and oxygen atoms in total. The fourth-order valence-electron chi connectivity index (χ4n) is 10.4. The van der Waals surface area contributed by atoms with E-state index in [1.54, 1.807) is 0 Å². The Labute approximate surface area is 626 Å². The molecule has 0 aliphatic rings. The Hall–Kier alpha value is -4.57. The molecule has 0 aliphatic heterocycles. The Morgan fingerprint density at radius 1 is 0.282 bits per heavy atom. The van der Waals surface area contributed by atoms with Crippen LogP contribution in [0.15, 0.2) is 146 Å². The van der Waals surface area contributed by atoms with Gasteiger partial charge in [-0.1, -0.05) is 301 Å². The topological polar surface area (TPSA) is 231 Å². The van der Waals surface area contributed by atoms with E-state index in [0.29, 0.717) is 25.7 Å². The summed E-state index contributed by atoms with van der Waals surface area (Å²) in [5.74, 6) is -1.66. The van der Waals surface area contributed by atoms with Crippen LogP contribution in [-0.4, -0.2) is 95.9 Å². The van der Waals surface area contributed by atoms with Crippen LogP contribution in [-0.2, 0) is 55.8 Å². The molecular formula is C85H144O16P2. The highest BCUT2D eigenvalue weighted by atomic mass is 31.2. The van der Waals surface area contributed by atoms with Gasteiger partial charge in [0.1, 0.15) is 25.4 Å². The Morgan fingerprint density at radius 3 is 0.845 bits per heavy atom. The molecule has 0 heterocycles. The highest BCUT2D eigenvalue weighted by molar-refractivity contribution is 7.47. The maximum absolute atomic E-state index is 12.9. The van der Waals surface area contributed by atoms with Gasteiger partial charge < -0.3 is 34.2 Å². The molecular weight excluding hydrogens is 1340 g/mol. The maximum Gasteiger partial charge on any atom is 0.472 e. The van der Waals surface area contributed by atoms with E-state index in [-0.39, 0.29) is 19.3 Å². The predicted molar refractivity (Wildman–Crippen MR) is 426 cm³/mol. The van der Waals surface area contributed by atoms with Crippen LogP contribution in [0.2, 0.25) is 0 Å². The average molecular weight is 1480 g/mol. The number of aliphatic hydroxyl groups excluding tert-OH is 2. The lowest BCUT2D eigenvalue weighted by molar-refractivity contribution is -0.161. The molecule has 18 heteroatoms. The van der Waals surface area contributed by atoms with Crippen LogP contribution in [0.25, 0.3) is 0 Å². The van der Waals surface area contributed by atoms with Crippen molar-refractivity contribution in [1.29, 1.82) is 0 Å². The summed E-state index contributed by atoms with van der Waals surface area (Å²) in [6, 6.07) is 0. The van der Waals surface area contributed by atoms with Crippen LogP contribution < -0.4 is 0 Å². The van der Waals surface area contributed by atoms with Gasteiger partial charge in [0, 0.05) is 19.3 Å². The van der Waals surface area contributed by atoms with E-state index < -0.39 is 91.5 Å². The molecule has 0 saturated heterocycles. The van der Waals surface area contributed by atoms with Crippen LogP contribution in [0, 0.1) is 0 Å². The van der Waals surface area contributed by atoms with E-state index in [1.807, 2.05) is 12.2 Å². The monoisotopic (exact) mass is 1480 g/mol. The fourth-order valence-corrected chi connectivity index (χ4v) is 12.0. The van der Waals surface area contributed by atoms with Gasteiger partial charge in [-0.3, -0.25) is 32.5 Å². The third-order valence-electron chi connectivity index (χ3n) is 16.5. The van der Waals surface area contributed by atoms with Gasteiger partial charge in [0.25, 0.3) is 0 Å². The Morgan fingerprint density at radius 2 is 0.524 bits per heavy atom. The first kappa shape index (κ1) is 98.4. The molecule has 590 valence electrons. The SMILES string of the molecule is CC/C=C\C/C=C\C/C=C\C/C=C\C/C=C\CCCC(=O)OC(COC(=O)CCCCCCCC/C=C\C/C=C\C/C=C\CCCCC)COP(=O)(O)OCC(O)COP(=O)(O)OCC(O)COC(=O)CCCCCCCCCCCCCCCCC/C=C\C/C=C\C/C=C\C/C=C\CCCCC. The number of allylic oxidation sites excluding steroid dienone is 24. The van der Waals surface area contributed by atoms with Crippen molar-refractivity contribution < 1.29 is 75.8 Å². The minimum absolute atomic E-state index is 0.0194. The highest BCUT2D eigenvalue weighted by Gasteiger charge is 2.29. The minimum atomic E-state index is -4.95. The molecule has 0 aromatic rings. The lowest BCUT2D eigenvalue weighted by atomic mass is 10.0. The molecule has 0 aromatic heterocycles. The zero-order chi connectivity index (χ0) is 75.2. The number of rotatable bonds is 75. The first-order valence-corrected chi connectivity index (χ1v) is 43.1.